The Kier molecular flexibility index (Phi) is 45.6. The van der Waals surface area contributed by atoms with Crippen molar-refractivity contribution in [2.24, 2.45) is 0 Å². The van der Waals surface area contributed by atoms with Gasteiger partial charge in [0.2, 0.25) is 0 Å². The Labute approximate surface area is 385 Å². The number of nitrogens with one attached hydrogen (secondary N) is 2. The number of carbonyl (C=O) groups is 2. The first-order valence-corrected chi connectivity index (χ1v) is 26.6. The minimum absolute atomic E-state index is 0.0154. The fraction of sp³-hybridized carbons (Fsp3) is 0.942. The summed E-state index contributed by atoms with van der Waals surface area (Å²) >= 11 is 0. The molecule has 62 heavy (non-hydrogen) atoms. The summed E-state index contributed by atoms with van der Waals surface area (Å²) in [6, 6.07) is 0. The predicted octanol–water partition coefficient (Wildman–Crippen LogP) is 12.5. The van der Waals surface area contributed by atoms with Crippen LogP contribution in [0.3, 0.4) is 0 Å². The average Bonchev–Trinajstić information content (AvgIpc) is 3.25. The van der Waals surface area contributed by atoms with Crippen molar-refractivity contribution >= 4 is 11.9 Å². The zero-order valence-electron chi connectivity index (χ0n) is 42.1. The predicted molar refractivity (Wildman–Crippen MR) is 263 cm³/mol. The molecular weight excluding hydrogens is 773 g/mol. The third-order valence-corrected chi connectivity index (χ3v) is 12.3. The van der Waals surface area contributed by atoms with Gasteiger partial charge in [0.1, 0.15) is 12.4 Å². The van der Waals surface area contributed by atoms with Crippen molar-refractivity contribution in [1.29, 1.82) is 5.26 Å². The number of likely N-dealkylation sites (N-methyl/N-ethyl adjacent to an activating group) is 2. The van der Waals surface area contributed by atoms with Crippen LogP contribution in [0.25, 0.3) is 0 Å². The van der Waals surface area contributed by atoms with Crippen molar-refractivity contribution in [2.45, 2.75) is 251 Å². The Bertz CT molecular complexity index is 994. The topological polar surface area (TPSA) is 110 Å². The van der Waals surface area contributed by atoms with E-state index in [9.17, 15) is 14.9 Å². The van der Waals surface area contributed by atoms with Crippen LogP contribution in [0, 0.1) is 11.5 Å². The molecular formula is C52H104N6O4. The van der Waals surface area contributed by atoms with E-state index in [0.717, 1.165) is 110 Å². The van der Waals surface area contributed by atoms with Crippen LogP contribution in [0.2, 0.25) is 0 Å². The lowest BCUT2D eigenvalue weighted by molar-refractivity contribution is -0.150. The number of nitrogens with zero attached hydrogens (tertiary/aromatic N) is 4. The molecule has 0 aliphatic carbocycles. The summed E-state index contributed by atoms with van der Waals surface area (Å²) in [6.07, 6.45) is 41.2. The summed E-state index contributed by atoms with van der Waals surface area (Å²) in [5, 5.41) is 15.8. The van der Waals surface area contributed by atoms with E-state index in [4.69, 9.17) is 9.47 Å². The molecule has 0 fully saturated rings. The maximum absolute atomic E-state index is 12.9. The van der Waals surface area contributed by atoms with Gasteiger partial charge in [-0.2, -0.15) is 5.26 Å². The van der Waals surface area contributed by atoms with Crippen molar-refractivity contribution in [3.05, 3.63) is 0 Å². The molecule has 0 aromatic rings. The summed E-state index contributed by atoms with van der Waals surface area (Å²) in [7, 11) is 6.19. The standard InChI is InChI=1S/C52H104N6O4/c1-7-10-13-16-19-28-35-47-61-50(59)39-31-24-20-26-33-42-58(44-36-41-54-52(55-48-53)57(6)46-45-56(4)5)43-34-27-21-25-32-40-51(60)62-49(37-29-22-17-14-11-8-2)38-30-23-18-15-12-9-3/h49,52,54-55H,7-47H2,1-6H3. The van der Waals surface area contributed by atoms with E-state index < -0.39 is 0 Å². The average molecular weight is 877 g/mol. The zero-order valence-corrected chi connectivity index (χ0v) is 42.1. The van der Waals surface area contributed by atoms with Gasteiger partial charge in [-0.1, -0.05) is 162 Å². The zero-order chi connectivity index (χ0) is 45.6. The van der Waals surface area contributed by atoms with E-state index in [0.29, 0.717) is 19.4 Å². The van der Waals surface area contributed by atoms with E-state index in [1.165, 1.54) is 135 Å². The molecule has 1 unspecified atom stereocenters. The van der Waals surface area contributed by atoms with Gasteiger partial charge >= 0.3 is 11.9 Å². The van der Waals surface area contributed by atoms with Crippen molar-refractivity contribution in [3.8, 4) is 6.19 Å². The van der Waals surface area contributed by atoms with Gasteiger partial charge in [0.25, 0.3) is 0 Å². The highest BCUT2D eigenvalue weighted by molar-refractivity contribution is 5.69. The number of rotatable bonds is 49. The molecule has 0 heterocycles. The minimum atomic E-state index is -0.171. The first-order chi connectivity index (χ1) is 30.3. The minimum Gasteiger partial charge on any atom is -0.466 e. The molecule has 0 spiro atoms. The maximum atomic E-state index is 12.9. The van der Waals surface area contributed by atoms with Gasteiger partial charge in [0.05, 0.1) is 6.61 Å². The second-order valence-corrected chi connectivity index (χ2v) is 18.7. The molecule has 2 N–H and O–H groups in total. The third-order valence-electron chi connectivity index (χ3n) is 12.3. The van der Waals surface area contributed by atoms with E-state index >= 15 is 0 Å². The van der Waals surface area contributed by atoms with Gasteiger partial charge in [-0.3, -0.25) is 25.1 Å². The van der Waals surface area contributed by atoms with Gasteiger partial charge in [-0.15, -0.1) is 0 Å². The molecule has 0 rings (SSSR count). The van der Waals surface area contributed by atoms with Crippen LogP contribution in [-0.4, -0.2) is 106 Å². The van der Waals surface area contributed by atoms with E-state index in [1.54, 1.807) is 0 Å². The van der Waals surface area contributed by atoms with Crippen LogP contribution in [-0.2, 0) is 19.1 Å². The fourth-order valence-corrected chi connectivity index (χ4v) is 8.14. The third kappa shape index (κ3) is 42.0. The largest absolute Gasteiger partial charge is 0.466 e. The number of carbonyl (C=O) groups excluding carboxylic acids is 2. The van der Waals surface area contributed by atoms with Crippen molar-refractivity contribution < 1.29 is 19.1 Å². The van der Waals surface area contributed by atoms with Gasteiger partial charge in [0, 0.05) is 25.9 Å². The van der Waals surface area contributed by atoms with Crippen LogP contribution in [0.5, 0.6) is 0 Å². The molecule has 1 atom stereocenters. The number of esters is 2. The fourth-order valence-electron chi connectivity index (χ4n) is 8.14. The number of unbranched alkanes of at least 4 members (excludes halogenated alkanes) is 24. The Morgan fingerprint density at radius 3 is 1.45 bits per heavy atom. The molecule has 0 saturated carbocycles. The molecule has 0 amide bonds. The molecule has 366 valence electrons. The molecule has 10 heteroatoms. The first kappa shape index (κ1) is 60.1. The monoisotopic (exact) mass is 877 g/mol. The van der Waals surface area contributed by atoms with Crippen molar-refractivity contribution in [1.82, 2.24) is 25.3 Å². The molecule has 0 aliphatic rings. The Morgan fingerprint density at radius 2 is 0.952 bits per heavy atom. The van der Waals surface area contributed by atoms with E-state index in [-0.39, 0.29) is 24.3 Å². The summed E-state index contributed by atoms with van der Waals surface area (Å²) in [6.45, 7) is 13.2. The van der Waals surface area contributed by atoms with Crippen LogP contribution >= 0.6 is 0 Å². The summed E-state index contributed by atoms with van der Waals surface area (Å²) in [5.41, 5.74) is 0. The Morgan fingerprint density at radius 1 is 0.516 bits per heavy atom. The van der Waals surface area contributed by atoms with Crippen LogP contribution in [0.15, 0.2) is 0 Å². The van der Waals surface area contributed by atoms with Crippen molar-refractivity contribution in [3.63, 3.8) is 0 Å². The van der Waals surface area contributed by atoms with Crippen LogP contribution in [0.1, 0.15) is 239 Å². The lowest BCUT2D eigenvalue weighted by Crippen LogP contribution is -2.53. The molecule has 0 aromatic carbocycles. The molecule has 0 saturated heterocycles. The molecule has 0 bridgehead atoms. The second kappa shape index (κ2) is 47.0. The van der Waals surface area contributed by atoms with Gasteiger partial charge in [0.15, 0.2) is 6.19 Å². The molecule has 0 radical (unpaired) electrons. The molecule has 0 aliphatic heterocycles. The van der Waals surface area contributed by atoms with Crippen LogP contribution in [0.4, 0.5) is 0 Å². The summed E-state index contributed by atoms with van der Waals surface area (Å²) in [5.74, 6) is -0.0142. The van der Waals surface area contributed by atoms with Gasteiger partial charge in [-0.05, 0) is 112 Å². The normalized spacial score (nSPS) is 12.1. The highest BCUT2D eigenvalue weighted by atomic mass is 16.5. The summed E-state index contributed by atoms with van der Waals surface area (Å²) in [4.78, 5) is 32.0. The van der Waals surface area contributed by atoms with E-state index in [2.05, 4.69) is 66.4 Å². The number of nitriles is 1. The van der Waals surface area contributed by atoms with Gasteiger partial charge < -0.3 is 19.3 Å². The Hall–Kier alpha value is -1.93. The van der Waals surface area contributed by atoms with Crippen LogP contribution < -0.4 is 10.6 Å². The molecule has 0 aromatic heterocycles. The smallest absolute Gasteiger partial charge is 0.306 e. The SMILES string of the molecule is CCCCCCCCCOC(=O)CCCCCCCN(CCCCCCCC(=O)OC(CCCCCCCC)CCCCCCCC)CCCNC(NC#N)N(C)CCN(C)C. The number of hydrogen-bond acceptors (Lipinski definition) is 10. The lowest BCUT2D eigenvalue weighted by Gasteiger charge is -2.29. The van der Waals surface area contributed by atoms with E-state index in [1.807, 2.05) is 7.05 Å². The van der Waals surface area contributed by atoms with Gasteiger partial charge in [-0.25, -0.2) is 0 Å². The first-order valence-electron chi connectivity index (χ1n) is 26.6. The highest BCUT2D eigenvalue weighted by Gasteiger charge is 2.16. The maximum Gasteiger partial charge on any atom is 0.306 e. The number of ether oxygens (including phenoxy) is 2. The lowest BCUT2D eigenvalue weighted by atomic mass is 10.0. The highest BCUT2D eigenvalue weighted by Crippen LogP contribution is 2.19. The second-order valence-electron chi connectivity index (χ2n) is 18.7. The quantitative estimate of drug-likeness (QED) is 0.0201. The molecule has 10 nitrogen and oxygen atoms in total. The Balaban J connectivity index is 4.67. The number of hydrogen-bond donors (Lipinski definition) is 2. The summed E-state index contributed by atoms with van der Waals surface area (Å²) < 4.78 is 11.6. The van der Waals surface area contributed by atoms with Crippen molar-refractivity contribution in [2.75, 3.05) is 67.0 Å².